The van der Waals surface area contributed by atoms with Crippen LogP contribution in [0.25, 0.3) is 10.8 Å². The number of nitrogens with zero attached hydrogens (tertiary/aromatic N) is 1. The molecule has 1 atom stereocenters. The minimum atomic E-state index is 0.0440. The fourth-order valence-electron chi connectivity index (χ4n) is 2.36. The molecule has 0 aliphatic rings. The van der Waals surface area contributed by atoms with E-state index in [0.29, 0.717) is 6.42 Å². The van der Waals surface area contributed by atoms with E-state index < -0.39 is 0 Å². The minimum Gasteiger partial charge on any atom is -0.397 e. The Morgan fingerprint density at radius 1 is 1.30 bits per heavy atom. The predicted octanol–water partition coefficient (Wildman–Crippen LogP) is 3.03. The Hall–Kier alpha value is -1.81. The summed E-state index contributed by atoms with van der Waals surface area (Å²) in [7, 11) is 0. The lowest BCUT2D eigenvalue weighted by atomic mass is 9.84. The topological polar surface area (TPSA) is 71.2 Å². The van der Waals surface area contributed by atoms with E-state index in [1.54, 1.807) is 6.20 Å². The monoisotopic (exact) mass is 273 g/mol. The lowest BCUT2D eigenvalue weighted by Gasteiger charge is -2.32. The Morgan fingerprint density at radius 3 is 2.70 bits per heavy atom. The van der Waals surface area contributed by atoms with Crippen LogP contribution in [-0.2, 0) is 0 Å². The molecule has 0 saturated carbocycles. The number of nitrogen functional groups attached to an aromatic ring is 1. The SMILES string of the molecule is CC(C)(C)C(CCO)Nc1ccc2cnccc2c1N. The standard InChI is InChI=1S/C16H23N3O/c1-16(2,3)14(7-9-20)19-13-5-4-11-10-18-8-6-12(11)15(13)17/h4-6,8,10,14,19-20H,7,9,17H2,1-3H3. The molecule has 1 aromatic carbocycles. The van der Waals surface area contributed by atoms with E-state index in [0.717, 1.165) is 22.1 Å². The van der Waals surface area contributed by atoms with Crippen LogP contribution >= 0.6 is 0 Å². The van der Waals surface area contributed by atoms with Gasteiger partial charge in [0.1, 0.15) is 0 Å². The second kappa shape index (κ2) is 5.67. The van der Waals surface area contributed by atoms with Crippen LogP contribution in [0.15, 0.2) is 30.6 Å². The maximum atomic E-state index is 9.24. The Kier molecular flexibility index (Phi) is 4.14. The second-order valence-electron chi connectivity index (χ2n) is 6.20. The van der Waals surface area contributed by atoms with Crippen LogP contribution < -0.4 is 11.1 Å². The van der Waals surface area contributed by atoms with Gasteiger partial charge in [-0.2, -0.15) is 0 Å². The van der Waals surface area contributed by atoms with Gasteiger partial charge in [0.25, 0.3) is 0 Å². The molecule has 0 aliphatic carbocycles. The summed E-state index contributed by atoms with van der Waals surface area (Å²) in [6.45, 7) is 6.62. The number of aliphatic hydroxyl groups excluding tert-OH is 1. The van der Waals surface area contributed by atoms with Gasteiger partial charge < -0.3 is 16.2 Å². The van der Waals surface area contributed by atoms with Crippen LogP contribution in [0.3, 0.4) is 0 Å². The van der Waals surface area contributed by atoms with Crippen molar-refractivity contribution < 1.29 is 5.11 Å². The summed E-state index contributed by atoms with van der Waals surface area (Å²) in [5.74, 6) is 0. The normalized spacial score (nSPS) is 13.4. The zero-order valence-corrected chi connectivity index (χ0v) is 12.4. The lowest BCUT2D eigenvalue weighted by Crippen LogP contribution is -2.35. The Labute approximate surface area is 120 Å². The first-order chi connectivity index (χ1) is 9.43. The van der Waals surface area contributed by atoms with E-state index in [-0.39, 0.29) is 18.1 Å². The molecule has 0 spiro atoms. The minimum absolute atomic E-state index is 0.0440. The van der Waals surface area contributed by atoms with Gasteiger partial charge in [-0.15, -0.1) is 0 Å². The van der Waals surface area contributed by atoms with Crippen LogP contribution in [0.2, 0.25) is 0 Å². The number of aromatic nitrogens is 1. The first kappa shape index (κ1) is 14.6. The fraction of sp³-hybridized carbons (Fsp3) is 0.438. The third-order valence-electron chi connectivity index (χ3n) is 3.65. The molecular weight excluding hydrogens is 250 g/mol. The average Bonchev–Trinajstić information content (AvgIpc) is 2.40. The highest BCUT2D eigenvalue weighted by atomic mass is 16.3. The summed E-state index contributed by atoms with van der Waals surface area (Å²) >= 11 is 0. The van der Waals surface area contributed by atoms with E-state index in [4.69, 9.17) is 5.73 Å². The first-order valence-electron chi connectivity index (χ1n) is 6.93. The van der Waals surface area contributed by atoms with Gasteiger partial charge in [-0.1, -0.05) is 26.8 Å². The zero-order valence-electron chi connectivity index (χ0n) is 12.4. The molecule has 4 N–H and O–H groups in total. The Balaban J connectivity index is 2.35. The van der Waals surface area contributed by atoms with Crippen LogP contribution in [0, 0.1) is 5.41 Å². The van der Waals surface area contributed by atoms with Gasteiger partial charge in [-0.3, -0.25) is 4.98 Å². The molecule has 0 bridgehead atoms. The van der Waals surface area contributed by atoms with Crippen LogP contribution in [0.1, 0.15) is 27.2 Å². The molecule has 2 aromatic rings. The van der Waals surface area contributed by atoms with Crippen LogP contribution in [-0.4, -0.2) is 22.7 Å². The van der Waals surface area contributed by atoms with Crippen molar-refractivity contribution in [1.29, 1.82) is 0 Å². The molecule has 20 heavy (non-hydrogen) atoms. The molecule has 4 nitrogen and oxygen atoms in total. The van der Waals surface area contributed by atoms with Crippen molar-refractivity contribution in [3.63, 3.8) is 0 Å². The van der Waals surface area contributed by atoms with Crippen molar-refractivity contribution >= 4 is 22.1 Å². The quantitative estimate of drug-likeness (QED) is 0.749. The first-order valence-corrected chi connectivity index (χ1v) is 6.93. The summed E-state index contributed by atoms with van der Waals surface area (Å²) in [5.41, 5.74) is 7.95. The van der Waals surface area contributed by atoms with Gasteiger partial charge in [0.2, 0.25) is 0 Å². The average molecular weight is 273 g/mol. The van der Waals surface area contributed by atoms with E-state index >= 15 is 0 Å². The molecule has 2 rings (SSSR count). The molecule has 0 radical (unpaired) electrons. The molecule has 1 aromatic heterocycles. The molecule has 108 valence electrons. The predicted molar refractivity (Wildman–Crippen MR) is 84.7 cm³/mol. The number of hydrogen-bond donors (Lipinski definition) is 3. The number of fused-ring (bicyclic) bond motifs is 1. The number of nitrogens with two attached hydrogens (primary N) is 1. The lowest BCUT2D eigenvalue weighted by molar-refractivity contribution is 0.235. The molecule has 1 unspecified atom stereocenters. The number of benzene rings is 1. The number of pyridine rings is 1. The van der Waals surface area contributed by atoms with Crippen molar-refractivity contribution in [2.45, 2.75) is 33.2 Å². The number of rotatable bonds is 4. The second-order valence-corrected chi connectivity index (χ2v) is 6.20. The van der Waals surface area contributed by atoms with Crippen molar-refractivity contribution in [3.8, 4) is 0 Å². The molecule has 0 saturated heterocycles. The number of anilines is 2. The summed E-state index contributed by atoms with van der Waals surface area (Å²) in [4.78, 5) is 4.10. The van der Waals surface area contributed by atoms with Crippen LogP contribution in [0.5, 0.6) is 0 Å². The van der Waals surface area contributed by atoms with E-state index in [9.17, 15) is 5.11 Å². The van der Waals surface area contributed by atoms with Gasteiger partial charge in [-0.25, -0.2) is 0 Å². The van der Waals surface area contributed by atoms with Crippen molar-refractivity contribution in [2.75, 3.05) is 17.7 Å². The highest BCUT2D eigenvalue weighted by molar-refractivity contribution is 5.98. The number of hydrogen-bond acceptors (Lipinski definition) is 4. The largest absolute Gasteiger partial charge is 0.397 e. The third kappa shape index (κ3) is 3.02. The smallest absolute Gasteiger partial charge is 0.0630 e. The van der Waals surface area contributed by atoms with Gasteiger partial charge >= 0.3 is 0 Å². The zero-order chi connectivity index (χ0) is 14.8. The summed E-state index contributed by atoms with van der Waals surface area (Å²) in [6, 6.07) is 6.08. The van der Waals surface area contributed by atoms with E-state index in [1.807, 2.05) is 24.4 Å². The summed E-state index contributed by atoms with van der Waals surface area (Å²) in [5, 5.41) is 14.7. The molecule has 0 amide bonds. The molecule has 0 aliphatic heterocycles. The number of aliphatic hydroxyl groups is 1. The van der Waals surface area contributed by atoms with E-state index in [2.05, 4.69) is 31.1 Å². The molecular formula is C16H23N3O. The van der Waals surface area contributed by atoms with Gasteiger partial charge in [0, 0.05) is 35.8 Å². The van der Waals surface area contributed by atoms with Crippen LogP contribution in [0.4, 0.5) is 11.4 Å². The molecule has 0 fully saturated rings. The number of nitrogens with one attached hydrogen (secondary N) is 1. The Morgan fingerprint density at radius 2 is 2.05 bits per heavy atom. The van der Waals surface area contributed by atoms with Gasteiger partial charge in [0.05, 0.1) is 11.4 Å². The fourth-order valence-corrected chi connectivity index (χ4v) is 2.36. The Bertz CT molecular complexity index is 590. The van der Waals surface area contributed by atoms with E-state index in [1.165, 1.54) is 0 Å². The van der Waals surface area contributed by atoms with Crippen molar-refractivity contribution in [2.24, 2.45) is 5.41 Å². The van der Waals surface area contributed by atoms with Crippen molar-refractivity contribution in [3.05, 3.63) is 30.6 Å². The van der Waals surface area contributed by atoms with Gasteiger partial charge in [0.15, 0.2) is 0 Å². The molecule has 1 heterocycles. The third-order valence-corrected chi connectivity index (χ3v) is 3.65. The summed E-state index contributed by atoms with van der Waals surface area (Å²) < 4.78 is 0. The maximum absolute atomic E-state index is 9.24. The van der Waals surface area contributed by atoms with Crippen molar-refractivity contribution in [1.82, 2.24) is 4.98 Å². The molecule has 4 heteroatoms. The van der Waals surface area contributed by atoms with Gasteiger partial charge in [-0.05, 0) is 24.0 Å². The highest BCUT2D eigenvalue weighted by Gasteiger charge is 2.24. The maximum Gasteiger partial charge on any atom is 0.0630 e. The highest BCUT2D eigenvalue weighted by Crippen LogP contribution is 2.32. The summed E-state index contributed by atoms with van der Waals surface area (Å²) in [6.07, 6.45) is 4.25.